The Kier molecular flexibility index (Phi) is 4.54. The van der Waals surface area contributed by atoms with Gasteiger partial charge in [0.25, 0.3) is 0 Å². The first-order valence-electron chi connectivity index (χ1n) is 8.52. The predicted octanol–water partition coefficient (Wildman–Crippen LogP) is 2.47. The molecule has 0 atom stereocenters. The zero-order valence-corrected chi connectivity index (χ0v) is 14.3. The number of hydrogen-bond donors (Lipinski definition) is 0. The Morgan fingerprint density at radius 1 is 1.04 bits per heavy atom. The molecule has 0 N–H and O–H groups in total. The maximum Gasteiger partial charge on any atom is 0.139 e. The van der Waals surface area contributed by atoms with Crippen molar-refractivity contribution in [1.82, 2.24) is 24.6 Å². The number of benzene rings is 1. The van der Waals surface area contributed by atoms with Gasteiger partial charge in [0.05, 0.1) is 13.2 Å². The molecular weight excluding hydrogens is 314 g/mol. The Bertz CT molecular complexity index is 841. The van der Waals surface area contributed by atoms with Gasteiger partial charge in [-0.05, 0) is 36.2 Å². The second-order valence-corrected chi connectivity index (χ2v) is 6.26. The molecular formula is C19H21N5O. The lowest BCUT2D eigenvalue weighted by atomic mass is 10.0. The van der Waals surface area contributed by atoms with Crippen molar-refractivity contribution in [1.29, 1.82) is 0 Å². The number of morpholine rings is 1. The summed E-state index contributed by atoms with van der Waals surface area (Å²) in [5.41, 5.74) is 4.67. The van der Waals surface area contributed by atoms with E-state index >= 15 is 0 Å². The van der Waals surface area contributed by atoms with Crippen molar-refractivity contribution in [2.45, 2.75) is 13.5 Å². The molecule has 0 spiro atoms. The molecule has 0 saturated carbocycles. The van der Waals surface area contributed by atoms with Gasteiger partial charge in [-0.1, -0.05) is 18.2 Å². The van der Waals surface area contributed by atoms with E-state index in [1.54, 1.807) is 12.7 Å². The molecule has 1 fully saturated rings. The summed E-state index contributed by atoms with van der Waals surface area (Å²) in [6.45, 7) is 6.65. The molecule has 3 heterocycles. The highest BCUT2D eigenvalue weighted by Gasteiger charge is 2.12. The van der Waals surface area contributed by atoms with E-state index in [4.69, 9.17) is 9.72 Å². The highest BCUT2D eigenvalue weighted by Crippen LogP contribution is 2.25. The number of aryl methyl sites for hydroxylation is 1. The van der Waals surface area contributed by atoms with Crippen molar-refractivity contribution in [3.05, 3.63) is 60.3 Å². The van der Waals surface area contributed by atoms with Crippen molar-refractivity contribution >= 4 is 0 Å². The van der Waals surface area contributed by atoms with Gasteiger partial charge in [0.2, 0.25) is 0 Å². The molecule has 0 amide bonds. The quantitative estimate of drug-likeness (QED) is 0.733. The summed E-state index contributed by atoms with van der Waals surface area (Å²) in [5.74, 6) is 0.829. The molecule has 0 bridgehead atoms. The van der Waals surface area contributed by atoms with E-state index in [-0.39, 0.29) is 0 Å². The molecule has 6 nitrogen and oxygen atoms in total. The highest BCUT2D eigenvalue weighted by molar-refractivity contribution is 5.67. The first kappa shape index (κ1) is 15.9. The number of nitrogens with zero attached hydrogens (tertiary/aromatic N) is 5. The summed E-state index contributed by atoms with van der Waals surface area (Å²) >= 11 is 0. The fraction of sp³-hybridized carbons (Fsp3) is 0.316. The molecule has 2 aromatic heterocycles. The van der Waals surface area contributed by atoms with E-state index in [0.717, 1.165) is 49.9 Å². The Morgan fingerprint density at radius 3 is 2.60 bits per heavy atom. The molecule has 0 unspecified atom stereocenters. The average molecular weight is 335 g/mol. The Morgan fingerprint density at radius 2 is 1.84 bits per heavy atom. The summed E-state index contributed by atoms with van der Waals surface area (Å²) in [5, 5.41) is 7.67. The van der Waals surface area contributed by atoms with E-state index in [1.165, 1.54) is 11.1 Å². The second-order valence-electron chi connectivity index (χ2n) is 6.26. The zero-order valence-electron chi connectivity index (χ0n) is 14.3. The van der Waals surface area contributed by atoms with E-state index in [2.05, 4.69) is 45.4 Å². The van der Waals surface area contributed by atoms with Crippen LogP contribution in [0.1, 0.15) is 11.3 Å². The third-order valence-corrected chi connectivity index (χ3v) is 4.50. The molecule has 0 radical (unpaired) electrons. The molecule has 1 aromatic carbocycles. The lowest BCUT2D eigenvalue weighted by molar-refractivity contribution is 0.0342. The number of hydrogen-bond acceptors (Lipinski definition) is 5. The van der Waals surface area contributed by atoms with Crippen LogP contribution in [-0.2, 0) is 11.3 Å². The van der Waals surface area contributed by atoms with Crippen LogP contribution >= 0.6 is 0 Å². The fourth-order valence-electron chi connectivity index (χ4n) is 3.17. The molecule has 4 rings (SSSR count). The van der Waals surface area contributed by atoms with E-state index in [0.29, 0.717) is 0 Å². The summed E-state index contributed by atoms with van der Waals surface area (Å²) in [6.07, 6.45) is 3.31. The van der Waals surface area contributed by atoms with Gasteiger partial charge in [-0.25, -0.2) is 4.98 Å². The molecule has 1 aliphatic heterocycles. The van der Waals surface area contributed by atoms with Crippen LogP contribution in [0.25, 0.3) is 16.9 Å². The molecule has 1 aliphatic rings. The predicted molar refractivity (Wildman–Crippen MR) is 95.4 cm³/mol. The molecule has 6 heteroatoms. The number of pyridine rings is 1. The van der Waals surface area contributed by atoms with Crippen LogP contribution in [0, 0.1) is 6.92 Å². The zero-order chi connectivity index (χ0) is 17.1. The molecule has 3 aromatic rings. The normalized spacial score (nSPS) is 15.4. The van der Waals surface area contributed by atoms with Gasteiger partial charge in [-0.3, -0.25) is 9.47 Å². The van der Waals surface area contributed by atoms with Crippen LogP contribution < -0.4 is 0 Å². The molecule has 25 heavy (non-hydrogen) atoms. The first-order chi connectivity index (χ1) is 12.3. The van der Waals surface area contributed by atoms with Crippen LogP contribution in [-0.4, -0.2) is 51.0 Å². The van der Waals surface area contributed by atoms with E-state index in [1.807, 2.05) is 17.6 Å². The van der Waals surface area contributed by atoms with Crippen molar-refractivity contribution in [3.63, 3.8) is 0 Å². The first-order valence-corrected chi connectivity index (χ1v) is 8.52. The second kappa shape index (κ2) is 7.13. The number of rotatable bonds is 4. The van der Waals surface area contributed by atoms with Crippen LogP contribution in [0.2, 0.25) is 0 Å². The minimum Gasteiger partial charge on any atom is -0.379 e. The lowest BCUT2D eigenvalue weighted by Gasteiger charge is -2.26. The minimum atomic E-state index is 0.827. The largest absolute Gasteiger partial charge is 0.379 e. The van der Waals surface area contributed by atoms with Gasteiger partial charge in [0, 0.05) is 30.9 Å². The Balaban J connectivity index is 1.58. The topological polar surface area (TPSA) is 56.1 Å². The summed E-state index contributed by atoms with van der Waals surface area (Å²) in [4.78, 5) is 7.13. The maximum absolute atomic E-state index is 5.43. The summed E-state index contributed by atoms with van der Waals surface area (Å²) in [6, 6.07) is 12.8. The summed E-state index contributed by atoms with van der Waals surface area (Å²) < 4.78 is 7.24. The smallest absolute Gasteiger partial charge is 0.139 e. The number of aromatic nitrogens is 4. The number of ether oxygens (including phenoxy) is 1. The standard InChI is InChI=1S/C19H21N5O/c1-15-18(5-6-19(22-15)24-13-20-21-14-24)17-4-2-3-16(11-17)12-23-7-9-25-10-8-23/h2-6,11,13-14H,7-10,12H2,1H3. The van der Waals surface area contributed by atoms with Gasteiger partial charge in [-0.2, -0.15) is 0 Å². The third-order valence-electron chi connectivity index (χ3n) is 4.50. The molecule has 128 valence electrons. The highest BCUT2D eigenvalue weighted by atomic mass is 16.5. The SMILES string of the molecule is Cc1nc(-n2cnnc2)ccc1-c1cccc(CN2CCOCC2)c1. The Hall–Kier alpha value is -2.57. The Labute approximate surface area is 147 Å². The van der Waals surface area contributed by atoms with Gasteiger partial charge in [0.15, 0.2) is 0 Å². The third kappa shape index (κ3) is 3.60. The van der Waals surface area contributed by atoms with Gasteiger partial charge in [0.1, 0.15) is 18.5 Å². The molecule has 1 saturated heterocycles. The van der Waals surface area contributed by atoms with Crippen LogP contribution in [0.5, 0.6) is 0 Å². The minimum absolute atomic E-state index is 0.827. The van der Waals surface area contributed by atoms with E-state index < -0.39 is 0 Å². The van der Waals surface area contributed by atoms with Crippen LogP contribution in [0.3, 0.4) is 0 Å². The van der Waals surface area contributed by atoms with Crippen molar-refractivity contribution in [2.75, 3.05) is 26.3 Å². The van der Waals surface area contributed by atoms with Crippen LogP contribution in [0.15, 0.2) is 49.1 Å². The van der Waals surface area contributed by atoms with E-state index in [9.17, 15) is 0 Å². The van der Waals surface area contributed by atoms with Gasteiger partial charge < -0.3 is 4.74 Å². The average Bonchev–Trinajstić information content (AvgIpc) is 3.17. The fourth-order valence-corrected chi connectivity index (χ4v) is 3.17. The molecule has 0 aliphatic carbocycles. The van der Waals surface area contributed by atoms with Crippen molar-refractivity contribution < 1.29 is 4.74 Å². The van der Waals surface area contributed by atoms with Gasteiger partial charge in [-0.15, -0.1) is 10.2 Å². The van der Waals surface area contributed by atoms with Gasteiger partial charge >= 0.3 is 0 Å². The lowest BCUT2D eigenvalue weighted by Crippen LogP contribution is -2.35. The monoisotopic (exact) mass is 335 g/mol. The van der Waals surface area contributed by atoms with Crippen LogP contribution in [0.4, 0.5) is 0 Å². The maximum atomic E-state index is 5.43. The van der Waals surface area contributed by atoms with Crippen molar-refractivity contribution in [3.8, 4) is 16.9 Å². The summed E-state index contributed by atoms with van der Waals surface area (Å²) in [7, 11) is 0. The van der Waals surface area contributed by atoms with Crippen molar-refractivity contribution in [2.24, 2.45) is 0 Å².